The third-order valence-corrected chi connectivity index (χ3v) is 2.58. The quantitative estimate of drug-likeness (QED) is 0.731. The Morgan fingerprint density at radius 2 is 2.08 bits per heavy atom. The highest BCUT2D eigenvalue weighted by atomic mass is 16.1. The van der Waals surface area contributed by atoms with E-state index in [1.54, 1.807) is 0 Å². The summed E-state index contributed by atoms with van der Waals surface area (Å²) >= 11 is 0. The third kappa shape index (κ3) is 1.63. The molecule has 1 saturated heterocycles. The first kappa shape index (κ1) is 8.45. The van der Waals surface area contributed by atoms with Gasteiger partial charge in [0.1, 0.15) is 0 Å². The van der Waals surface area contributed by atoms with Crippen LogP contribution < -0.4 is 5.32 Å². The van der Waals surface area contributed by atoms with Gasteiger partial charge in [-0.2, -0.15) is 0 Å². The van der Waals surface area contributed by atoms with E-state index in [0.717, 1.165) is 13.0 Å². The van der Waals surface area contributed by atoms with Crippen molar-refractivity contribution in [2.45, 2.75) is 18.4 Å². The summed E-state index contributed by atoms with van der Waals surface area (Å²) in [5.41, 5.74) is 1.24. The fraction of sp³-hybridized carbons (Fsp3) is 0.364. The van der Waals surface area contributed by atoms with Gasteiger partial charge in [0.2, 0.25) is 6.29 Å². The maximum Gasteiger partial charge on any atom is 0.217 e. The van der Waals surface area contributed by atoms with E-state index in [1.165, 1.54) is 5.56 Å². The van der Waals surface area contributed by atoms with Crippen LogP contribution in [0.15, 0.2) is 30.3 Å². The lowest BCUT2D eigenvalue weighted by Gasteiger charge is -2.12. The highest BCUT2D eigenvalue weighted by molar-refractivity contribution is 5.61. The van der Waals surface area contributed by atoms with Crippen LogP contribution in [-0.2, 0) is 4.79 Å². The van der Waals surface area contributed by atoms with Gasteiger partial charge in [-0.05, 0) is 18.5 Å². The number of hydrogen-bond acceptors (Lipinski definition) is 2. The van der Waals surface area contributed by atoms with E-state index < -0.39 is 0 Å². The van der Waals surface area contributed by atoms with Crippen LogP contribution in [0.2, 0.25) is 0 Å². The van der Waals surface area contributed by atoms with Crippen molar-refractivity contribution in [3.05, 3.63) is 35.9 Å². The molecule has 2 atom stereocenters. The monoisotopic (exact) mass is 174 g/mol. The highest BCUT2D eigenvalue weighted by Crippen LogP contribution is 2.26. The Morgan fingerprint density at radius 3 is 2.77 bits per heavy atom. The summed E-state index contributed by atoms with van der Waals surface area (Å²) in [6.45, 7) is 0.916. The molecule has 1 aliphatic heterocycles. The average molecular weight is 174 g/mol. The Morgan fingerprint density at radius 1 is 1.31 bits per heavy atom. The minimum absolute atomic E-state index is 0.109. The smallest absolute Gasteiger partial charge is 0.217 e. The standard InChI is InChI=1S/C11H12NO/c13-8-11-10(6-7-12-11)9-4-2-1-3-5-9/h1-5,10-12H,6-7H2/t10?,11-/m0/s1. The molecule has 0 bridgehead atoms. The lowest BCUT2D eigenvalue weighted by atomic mass is 9.93. The van der Waals surface area contributed by atoms with E-state index in [2.05, 4.69) is 23.7 Å². The summed E-state index contributed by atoms with van der Waals surface area (Å²) < 4.78 is 0. The third-order valence-electron chi connectivity index (χ3n) is 2.58. The predicted octanol–water partition coefficient (Wildman–Crippen LogP) is 1.24. The van der Waals surface area contributed by atoms with Gasteiger partial charge in [0.15, 0.2) is 0 Å². The second-order valence-electron chi connectivity index (χ2n) is 3.36. The van der Waals surface area contributed by atoms with E-state index in [0.29, 0.717) is 5.92 Å². The minimum Gasteiger partial charge on any atom is -0.307 e. The summed E-state index contributed by atoms with van der Waals surface area (Å²) in [7, 11) is 0. The van der Waals surface area contributed by atoms with Crippen molar-refractivity contribution in [2.24, 2.45) is 0 Å². The molecule has 1 fully saturated rings. The summed E-state index contributed by atoms with van der Waals surface area (Å²) in [4.78, 5) is 10.6. The molecule has 0 amide bonds. The SMILES string of the molecule is O=[C][C@@H]1NCCC1c1ccccc1. The van der Waals surface area contributed by atoms with Crippen LogP contribution >= 0.6 is 0 Å². The molecule has 2 rings (SSSR count). The number of carbonyl (C=O) groups excluding carboxylic acids is 1. The molecule has 2 nitrogen and oxygen atoms in total. The zero-order valence-corrected chi connectivity index (χ0v) is 7.36. The van der Waals surface area contributed by atoms with Crippen LogP contribution in [0.3, 0.4) is 0 Å². The van der Waals surface area contributed by atoms with Crippen molar-refractivity contribution >= 4 is 6.29 Å². The second kappa shape index (κ2) is 3.71. The van der Waals surface area contributed by atoms with Crippen LogP contribution in [0.25, 0.3) is 0 Å². The lowest BCUT2D eigenvalue weighted by Crippen LogP contribution is -2.27. The molecule has 1 aromatic carbocycles. The second-order valence-corrected chi connectivity index (χ2v) is 3.36. The van der Waals surface area contributed by atoms with Crippen molar-refractivity contribution in [2.75, 3.05) is 6.54 Å². The van der Waals surface area contributed by atoms with Gasteiger partial charge in [0, 0.05) is 5.92 Å². The molecular formula is C11H12NO. The van der Waals surface area contributed by atoms with Crippen molar-refractivity contribution in [1.82, 2.24) is 5.32 Å². The zero-order valence-electron chi connectivity index (χ0n) is 7.36. The van der Waals surface area contributed by atoms with Gasteiger partial charge in [0.05, 0.1) is 6.04 Å². The number of hydrogen-bond donors (Lipinski definition) is 1. The van der Waals surface area contributed by atoms with Gasteiger partial charge in [0.25, 0.3) is 0 Å². The van der Waals surface area contributed by atoms with Crippen LogP contribution in [0.5, 0.6) is 0 Å². The first-order valence-corrected chi connectivity index (χ1v) is 4.58. The molecule has 0 aliphatic carbocycles. The van der Waals surface area contributed by atoms with Gasteiger partial charge in [-0.1, -0.05) is 30.3 Å². The normalized spacial score (nSPS) is 27.4. The van der Waals surface area contributed by atoms with Crippen LogP contribution in [0, 0.1) is 0 Å². The van der Waals surface area contributed by atoms with E-state index in [1.807, 2.05) is 18.2 Å². The predicted molar refractivity (Wildman–Crippen MR) is 51.3 cm³/mol. The molecule has 1 aliphatic rings. The molecule has 0 spiro atoms. The molecule has 1 N–H and O–H groups in total. The average Bonchev–Trinajstić information content (AvgIpc) is 2.67. The summed E-state index contributed by atoms with van der Waals surface area (Å²) in [6.07, 6.45) is 3.08. The van der Waals surface area contributed by atoms with Crippen molar-refractivity contribution in [3.63, 3.8) is 0 Å². The Hall–Kier alpha value is -1.15. The first-order valence-electron chi connectivity index (χ1n) is 4.58. The fourth-order valence-corrected chi connectivity index (χ4v) is 1.89. The maximum absolute atomic E-state index is 10.6. The van der Waals surface area contributed by atoms with Crippen LogP contribution in [0.1, 0.15) is 17.9 Å². The van der Waals surface area contributed by atoms with Gasteiger partial charge < -0.3 is 5.32 Å². The number of benzene rings is 1. The highest BCUT2D eigenvalue weighted by Gasteiger charge is 2.27. The van der Waals surface area contributed by atoms with Crippen molar-refractivity contribution in [3.8, 4) is 0 Å². The van der Waals surface area contributed by atoms with Crippen LogP contribution in [-0.4, -0.2) is 18.9 Å². The maximum atomic E-state index is 10.6. The molecule has 1 radical (unpaired) electrons. The molecule has 2 heteroatoms. The van der Waals surface area contributed by atoms with E-state index in [-0.39, 0.29) is 6.04 Å². The Kier molecular flexibility index (Phi) is 2.41. The van der Waals surface area contributed by atoms with E-state index >= 15 is 0 Å². The molecule has 1 heterocycles. The van der Waals surface area contributed by atoms with E-state index in [4.69, 9.17) is 0 Å². The van der Waals surface area contributed by atoms with E-state index in [9.17, 15) is 4.79 Å². The Balaban J connectivity index is 2.21. The molecule has 67 valence electrons. The summed E-state index contributed by atoms with van der Waals surface area (Å²) in [5.74, 6) is 0.318. The molecule has 1 unspecified atom stereocenters. The Bertz CT molecular complexity index is 283. The molecule has 13 heavy (non-hydrogen) atoms. The summed E-state index contributed by atoms with van der Waals surface area (Å²) in [6, 6.07) is 10.0. The molecule has 0 aromatic heterocycles. The first-order chi connectivity index (χ1) is 6.42. The number of nitrogens with one attached hydrogen (secondary N) is 1. The van der Waals surface area contributed by atoms with Crippen molar-refractivity contribution in [1.29, 1.82) is 0 Å². The molecule has 1 aromatic rings. The molecular weight excluding hydrogens is 162 g/mol. The minimum atomic E-state index is -0.109. The number of rotatable bonds is 2. The zero-order chi connectivity index (χ0) is 9.10. The lowest BCUT2D eigenvalue weighted by molar-refractivity contribution is 0.523. The largest absolute Gasteiger partial charge is 0.307 e. The van der Waals surface area contributed by atoms with Gasteiger partial charge in [-0.3, -0.25) is 4.79 Å². The summed E-state index contributed by atoms with van der Waals surface area (Å²) in [5, 5.41) is 3.13. The van der Waals surface area contributed by atoms with Crippen molar-refractivity contribution < 1.29 is 4.79 Å². The topological polar surface area (TPSA) is 29.1 Å². The van der Waals surface area contributed by atoms with Gasteiger partial charge in [-0.25, -0.2) is 0 Å². The molecule has 0 saturated carbocycles. The fourth-order valence-electron chi connectivity index (χ4n) is 1.89. The van der Waals surface area contributed by atoms with Gasteiger partial charge >= 0.3 is 0 Å². The van der Waals surface area contributed by atoms with Gasteiger partial charge in [-0.15, -0.1) is 0 Å². The van der Waals surface area contributed by atoms with Crippen LogP contribution in [0.4, 0.5) is 0 Å². The Labute approximate surface area is 78.0 Å².